The molecular weight excluding hydrogens is 478 g/mol. The van der Waals surface area contributed by atoms with Crippen molar-refractivity contribution >= 4 is 10.9 Å². The lowest BCUT2D eigenvalue weighted by molar-refractivity contribution is 0.236. The largest absolute Gasteiger partial charge is 0.497 e. The maximum Gasteiger partial charge on any atom is 0.252 e. The van der Waals surface area contributed by atoms with E-state index in [0.29, 0.717) is 48.8 Å². The smallest absolute Gasteiger partial charge is 0.252 e. The van der Waals surface area contributed by atoms with Crippen molar-refractivity contribution in [2.75, 3.05) is 7.11 Å². The average molecular weight is 503 g/mol. The van der Waals surface area contributed by atoms with Crippen molar-refractivity contribution in [1.82, 2.24) is 30.1 Å². The van der Waals surface area contributed by atoms with Crippen LogP contribution in [-0.2, 0) is 26.2 Å². The molecular formula is C27H24F2N6O2. The average Bonchev–Trinajstić information content (AvgIpc) is 3.33. The Morgan fingerprint density at radius 2 is 1.59 bits per heavy atom. The van der Waals surface area contributed by atoms with Crippen molar-refractivity contribution in [1.29, 1.82) is 0 Å². The summed E-state index contributed by atoms with van der Waals surface area (Å²) in [7, 11) is 1.59. The molecule has 0 unspecified atom stereocenters. The number of nitrogens with zero attached hydrogens (tertiary/aromatic N) is 5. The molecule has 37 heavy (non-hydrogen) atoms. The highest BCUT2D eigenvalue weighted by molar-refractivity contribution is 5.80. The van der Waals surface area contributed by atoms with E-state index in [-0.39, 0.29) is 17.2 Å². The van der Waals surface area contributed by atoms with Crippen molar-refractivity contribution < 1.29 is 13.5 Å². The van der Waals surface area contributed by atoms with Crippen molar-refractivity contribution in [2.24, 2.45) is 0 Å². The number of aromatic amines is 1. The van der Waals surface area contributed by atoms with Gasteiger partial charge in [0.05, 0.1) is 20.2 Å². The summed E-state index contributed by atoms with van der Waals surface area (Å²) < 4.78 is 33.8. The zero-order valence-corrected chi connectivity index (χ0v) is 20.1. The molecule has 5 rings (SSSR count). The van der Waals surface area contributed by atoms with Gasteiger partial charge in [-0.1, -0.05) is 24.3 Å². The SMILES string of the molecule is COc1ccc2[nH]c(=O)c(CN(Cc3ccc(F)cc3)Cc3nnnn3Cc3ccc(F)cc3)cc2c1. The van der Waals surface area contributed by atoms with E-state index < -0.39 is 0 Å². The van der Waals surface area contributed by atoms with E-state index >= 15 is 0 Å². The molecule has 0 aliphatic rings. The molecule has 0 aliphatic heterocycles. The Hall–Kier alpha value is -4.44. The first kappa shape index (κ1) is 24.3. The first-order chi connectivity index (χ1) is 18.0. The standard InChI is InChI=1S/C27H24F2N6O2/c1-37-24-10-11-25-20(13-24)12-21(27(36)30-25)16-34(14-18-2-6-22(28)7-3-18)17-26-31-32-33-35(26)15-19-4-8-23(29)9-5-19/h2-13H,14-17H2,1H3,(H,30,36). The van der Waals surface area contributed by atoms with E-state index in [2.05, 4.69) is 20.5 Å². The number of nitrogens with one attached hydrogen (secondary N) is 1. The third kappa shape index (κ3) is 5.87. The monoisotopic (exact) mass is 502 g/mol. The van der Waals surface area contributed by atoms with Gasteiger partial charge >= 0.3 is 0 Å². The van der Waals surface area contributed by atoms with E-state index in [1.807, 2.05) is 17.0 Å². The van der Waals surface area contributed by atoms with E-state index in [4.69, 9.17) is 4.74 Å². The molecule has 0 radical (unpaired) electrons. The number of hydrogen-bond acceptors (Lipinski definition) is 6. The summed E-state index contributed by atoms with van der Waals surface area (Å²) in [5.74, 6) is 0.627. The Kier molecular flexibility index (Phi) is 7.00. The van der Waals surface area contributed by atoms with Gasteiger partial charge in [0.25, 0.3) is 5.56 Å². The second-order valence-corrected chi connectivity index (χ2v) is 8.73. The van der Waals surface area contributed by atoms with Gasteiger partial charge < -0.3 is 9.72 Å². The first-order valence-electron chi connectivity index (χ1n) is 11.6. The van der Waals surface area contributed by atoms with Gasteiger partial charge in [0.2, 0.25) is 0 Å². The number of benzene rings is 3. The number of aromatic nitrogens is 5. The number of methoxy groups -OCH3 is 1. The molecule has 2 heterocycles. The van der Waals surface area contributed by atoms with Crippen LogP contribution in [0, 0.1) is 11.6 Å². The van der Waals surface area contributed by atoms with E-state index in [1.54, 1.807) is 48.2 Å². The maximum absolute atomic E-state index is 13.5. The summed E-state index contributed by atoms with van der Waals surface area (Å²) in [5, 5.41) is 12.9. The fraction of sp³-hybridized carbons (Fsp3) is 0.185. The van der Waals surface area contributed by atoms with Crippen LogP contribution in [0.5, 0.6) is 5.75 Å². The molecule has 8 nitrogen and oxygen atoms in total. The Labute approximate surface area is 211 Å². The van der Waals surface area contributed by atoms with E-state index in [0.717, 1.165) is 16.5 Å². The number of H-pyrrole nitrogens is 1. The van der Waals surface area contributed by atoms with Crippen molar-refractivity contribution in [3.05, 3.63) is 117 Å². The lowest BCUT2D eigenvalue weighted by atomic mass is 10.1. The van der Waals surface area contributed by atoms with Crippen LogP contribution < -0.4 is 10.3 Å². The second-order valence-electron chi connectivity index (χ2n) is 8.73. The summed E-state index contributed by atoms with van der Waals surface area (Å²) in [4.78, 5) is 17.9. The molecule has 2 aromatic heterocycles. The predicted octanol–water partition coefficient (Wildman–Crippen LogP) is 4.05. The molecule has 5 aromatic rings. The molecule has 0 atom stereocenters. The molecule has 0 aliphatic carbocycles. The minimum Gasteiger partial charge on any atom is -0.497 e. The highest BCUT2D eigenvalue weighted by Gasteiger charge is 2.16. The van der Waals surface area contributed by atoms with Crippen molar-refractivity contribution in [3.63, 3.8) is 0 Å². The number of ether oxygens (including phenoxy) is 1. The highest BCUT2D eigenvalue weighted by Crippen LogP contribution is 2.20. The summed E-state index contributed by atoms with van der Waals surface area (Å²) in [6, 6.07) is 19.7. The third-order valence-electron chi connectivity index (χ3n) is 6.06. The molecule has 0 saturated heterocycles. The zero-order valence-electron chi connectivity index (χ0n) is 20.1. The number of rotatable bonds is 9. The van der Waals surface area contributed by atoms with Gasteiger partial charge in [0.15, 0.2) is 5.82 Å². The third-order valence-corrected chi connectivity index (χ3v) is 6.06. The minimum absolute atomic E-state index is 0.201. The first-order valence-corrected chi connectivity index (χ1v) is 11.6. The van der Waals surface area contributed by atoms with Crippen molar-refractivity contribution in [2.45, 2.75) is 26.2 Å². The Bertz CT molecular complexity index is 1570. The number of halogens is 2. The topological polar surface area (TPSA) is 88.9 Å². The van der Waals surface area contributed by atoms with Crippen LogP contribution in [0.25, 0.3) is 10.9 Å². The quantitative estimate of drug-likeness (QED) is 0.327. The lowest BCUT2D eigenvalue weighted by Gasteiger charge is -2.22. The van der Waals surface area contributed by atoms with Crippen LogP contribution >= 0.6 is 0 Å². The summed E-state index contributed by atoms with van der Waals surface area (Å²) in [6.07, 6.45) is 0. The fourth-order valence-electron chi connectivity index (χ4n) is 4.15. The van der Waals surface area contributed by atoms with E-state index in [1.165, 1.54) is 24.3 Å². The minimum atomic E-state index is -0.321. The van der Waals surface area contributed by atoms with Gasteiger partial charge in [-0.3, -0.25) is 9.69 Å². The van der Waals surface area contributed by atoms with Crippen LogP contribution in [0.1, 0.15) is 22.5 Å². The van der Waals surface area contributed by atoms with Gasteiger partial charge in [0.1, 0.15) is 17.4 Å². The van der Waals surface area contributed by atoms with Crippen LogP contribution in [0.2, 0.25) is 0 Å². The van der Waals surface area contributed by atoms with Gasteiger partial charge in [-0.15, -0.1) is 5.10 Å². The second kappa shape index (κ2) is 10.7. The molecule has 10 heteroatoms. The Balaban J connectivity index is 1.44. The Morgan fingerprint density at radius 1 is 0.892 bits per heavy atom. The highest BCUT2D eigenvalue weighted by atomic mass is 19.1. The van der Waals surface area contributed by atoms with Crippen LogP contribution in [-0.4, -0.2) is 37.2 Å². The number of fused-ring (bicyclic) bond motifs is 1. The molecule has 1 N–H and O–H groups in total. The van der Waals surface area contributed by atoms with E-state index in [9.17, 15) is 13.6 Å². The molecule has 3 aromatic carbocycles. The van der Waals surface area contributed by atoms with Gasteiger partial charge in [0, 0.05) is 29.6 Å². The predicted molar refractivity (Wildman–Crippen MR) is 134 cm³/mol. The van der Waals surface area contributed by atoms with Crippen molar-refractivity contribution in [3.8, 4) is 5.75 Å². The zero-order chi connectivity index (χ0) is 25.8. The lowest BCUT2D eigenvalue weighted by Crippen LogP contribution is -2.28. The molecule has 0 spiro atoms. The van der Waals surface area contributed by atoms with Crippen LogP contribution in [0.4, 0.5) is 8.78 Å². The number of tetrazole rings is 1. The number of hydrogen-bond donors (Lipinski definition) is 1. The van der Waals surface area contributed by atoms with Crippen LogP contribution in [0.3, 0.4) is 0 Å². The van der Waals surface area contributed by atoms with Gasteiger partial charge in [-0.05, 0) is 70.1 Å². The van der Waals surface area contributed by atoms with Gasteiger partial charge in [-0.2, -0.15) is 0 Å². The summed E-state index contributed by atoms with van der Waals surface area (Å²) >= 11 is 0. The summed E-state index contributed by atoms with van der Waals surface area (Å²) in [6.45, 7) is 1.41. The molecule has 0 amide bonds. The molecule has 0 bridgehead atoms. The maximum atomic E-state index is 13.5. The molecule has 0 fully saturated rings. The van der Waals surface area contributed by atoms with Gasteiger partial charge in [-0.25, -0.2) is 13.5 Å². The van der Waals surface area contributed by atoms with Crippen LogP contribution in [0.15, 0.2) is 77.6 Å². The Morgan fingerprint density at radius 3 is 2.30 bits per heavy atom. The summed E-state index contributed by atoms with van der Waals surface area (Å²) in [5.41, 5.74) is 2.79. The normalized spacial score (nSPS) is 11.4. The molecule has 0 saturated carbocycles. The fourth-order valence-corrected chi connectivity index (χ4v) is 4.15. The molecule has 188 valence electrons. The number of pyridine rings is 1.